The van der Waals surface area contributed by atoms with Crippen molar-refractivity contribution in [2.75, 3.05) is 12.3 Å². The van der Waals surface area contributed by atoms with Crippen molar-refractivity contribution in [2.24, 2.45) is 0 Å². The number of rotatable bonds is 6. The Bertz CT molecular complexity index is 1460. The lowest BCUT2D eigenvalue weighted by molar-refractivity contribution is -0.131. The van der Waals surface area contributed by atoms with E-state index < -0.39 is 17.4 Å². The van der Waals surface area contributed by atoms with Crippen LogP contribution in [0, 0.1) is 23.0 Å². The number of benzene rings is 2. The lowest BCUT2D eigenvalue weighted by atomic mass is 10.1. The average molecular weight is 489 g/mol. The molecule has 9 nitrogen and oxygen atoms in total. The number of amides is 1. The highest BCUT2D eigenvalue weighted by atomic mass is 19.1. The molecule has 36 heavy (non-hydrogen) atoms. The Kier molecular flexibility index (Phi) is 6.16. The smallest absolute Gasteiger partial charge is 0.237 e. The first kappa shape index (κ1) is 23.2. The average Bonchev–Trinajstić information content (AvgIpc) is 3.48. The van der Waals surface area contributed by atoms with E-state index >= 15 is 0 Å². The van der Waals surface area contributed by atoms with Crippen LogP contribution in [0.2, 0.25) is 0 Å². The van der Waals surface area contributed by atoms with Crippen molar-refractivity contribution < 1.29 is 18.3 Å². The van der Waals surface area contributed by atoms with Crippen molar-refractivity contribution in [1.29, 1.82) is 5.26 Å². The molecular formula is C25H21F2N7O2. The maximum atomic E-state index is 13.9. The van der Waals surface area contributed by atoms with E-state index in [9.17, 15) is 13.6 Å². The number of hydrogen-bond donors (Lipinski definition) is 1. The normalized spacial score (nSPS) is 15.2. The summed E-state index contributed by atoms with van der Waals surface area (Å²) in [6.45, 7) is 0.982. The predicted octanol–water partition coefficient (Wildman–Crippen LogP) is 4.05. The SMILES string of the molecule is N#CCC(=O)N1CCC[C@@H]1Cn1nc(-c2ccc(Oc3c(F)cccc3F)cc2)c2c(N)ncnc21. The molecule has 1 fully saturated rings. The van der Waals surface area contributed by atoms with Crippen molar-refractivity contribution >= 4 is 22.8 Å². The first-order chi connectivity index (χ1) is 17.5. The number of fused-ring (bicyclic) bond motifs is 1. The molecule has 1 saturated heterocycles. The van der Waals surface area contributed by atoms with Gasteiger partial charge in [0.05, 0.1) is 24.0 Å². The molecule has 3 heterocycles. The van der Waals surface area contributed by atoms with Crippen LogP contribution in [-0.4, -0.2) is 43.1 Å². The van der Waals surface area contributed by atoms with E-state index in [1.54, 1.807) is 33.8 Å². The number of carbonyl (C=O) groups excluding carboxylic acids is 1. The Morgan fingerprint density at radius 1 is 1.17 bits per heavy atom. The zero-order valence-corrected chi connectivity index (χ0v) is 19.1. The number of anilines is 1. The minimum Gasteiger partial charge on any atom is -0.451 e. The molecule has 1 amide bonds. The van der Waals surface area contributed by atoms with Gasteiger partial charge in [0.25, 0.3) is 0 Å². The van der Waals surface area contributed by atoms with Gasteiger partial charge in [0.15, 0.2) is 23.0 Å². The van der Waals surface area contributed by atoms with Crippen molar-refractivity contribution in [2.45, 2.75) is 31.8 Å². The van der Waals surface area contributed by atoms with Crippen LogP contribution in [0.25, 0.3) is 22.3 Å². The maximum absolute atomic E-state index is 13.9. The van der Waals surface area contributed by atoms with Gasteiger partial charge in [0, 0.05) is 12.1 Å². The molecule has 4 aromatic rings. The molecule has 1 aliphatic heterocycles. The summed E-state index contributed by atoms with van der Waals surface area (Å²) < 4.78 is 35.0. The Balaban J connectivity index is 1.46. The van der Waals surface area contributed by atoms with Crippen molar-refractivity contribution in [3.8, 4) is 28.8 Å². The van der Waals surface area contributed by atoms with Gasteiger partial charge in [0.2, 0.25) is 5.91 Å². The van der Waals surface area contributed by atoms with E-state index in [1.165, 1.54) is 12.4 Å². The van der Waals surface area contributed by atoms with Gasteiger partial charge in [-0.15, -0.1) is 0 Å². The van der Waals surface area contributed by atoms with Gasteiger partial charge in [-0.05, 0) is 49.2 Å². The molecule has 0 saturated carbocycles. The monoisotopic (exact) mass is 489 g/mol. The molecule has 2 N–H and O–H groups in total. The third kappa shape index (κ3) is 4.29. The van der Waals surface area contributed by atoms with Crippen molar-refractivity contribution in [3.05, 3.63) is 60.4 Å². The fraction of sp³-hybridized carbons (Fsp3) is 0.240. The van der Waals surface area contributed by atoms with Crippen LogP contribution in [0.15, 0.2) is 48.8 Å². The Hall–Kier alpha value is -4.59. The number of nitrogens with zero attached hydrogens (tertiary/aromatic N) is 6. The van der Waals surface area contributed by atoms with Crippen LogP contribution in [0.5, 0.6) is 11.5 Å². The second-order valence-electron chi connectivity index (χ2n) is 8.38. The molecule has 2 aromatic heterocycles. The lowest BCUT2D eigenvalue weighted by Crippen LogP contribution is -2.38. The third-order valence-corrected chi connectivity index (χ3v) is 6.14. The predicted molar refractivity (Wildman–Crippen MR) is 127 cm³/mol. The molecular weight excluding hydrogens is 468 g/mol. The highest BCUT2D eigenvalue weighted by Gasteiger charge is 2.30. The number of nitrogens with two attached hydrogens (primary N) is 1. The summed E-state index contributed by atoms with van der Waals surface area (Å²) in [4.78, 5) is 22.6. The summed E-state index contributed by atoms with van der Waals surface area (Å²) in [5.74, 6) is -1.80. The number of ether oxygens (including phenoxy) is 1. The third-order valence-electron chi connectivity index (χ3n) is 6.14. The quantitative estimate of drug-likeness (QED) is 0.433. The Morgan fingerprint density at radius 2 is 1.92 bits per heavy atom. The summed E-state index contributed by atoms with van der Waals surface area (Å²) in [7, 11) is 0. The van der Waals surface area contributed by atoms with E-state index in [1.807, 2.05) is 6.07 Å². The number of para-hydroxylation sites is 1. The molecule has 0 unspecified atom stereocenters. The molecule has 0 radical (unpaired) electrons. The number of aromatic nitrogens is 4. The molecule has 0 bridgehead atoms. The maximum Gasteiger partial charge on any atom is 0.237 e. The lowest BCUT2D eigenvalue weighted by Gasteiger charge is -2.23. The Labute approximate surface area is 204 Å². The van der Waals surface area contributed by atoms with E-state index in [-0.39, 0.29) is 29.9 Å². The summed E-state index contributed by atoms with van der Waals surface area (Å²) in [6, 6.07) is 11.8. The summed E-state index contributed by atoms with van der Waals surface area (Å²) in [5, 5.41) is 14.2. The van der Waals surface area contributed by atoms with E-state index in [2.05, 4.69) is 9.97 Å². The van der Waals surface area contributed by atoms with Gasteiger partial charge >= 0.3 is 0 Å². The fourth-order valence-corrected chi connectivity index (χ4v) is 4.46. The number of halogens is 2. The number of nitriles is 1. The minimum absolute atomic E-state index is 0.121. The van der Waals surface area contributed by atoms with Gasteiger partial charge in [-0.2, -0.15) is 10.4 Å². The standard InChI is InChI=1S/C25H21F2N7O2/c26-18-4-1-5-19(27)23(18)36-17-8-6-15(7-9-17)22-21-24(29)30-14-31-25(21)34(32-22)13-16-3-2-12-33(16)20(35)10-11-28/h1,4-9,14,16H,2-3,10,12-13H2,(H2,29,30,31)/t16-/m1/s1. The number of carbonyl (C=O) groups is 1. The molecule has 2 aromatic carbocycles. The summed E-state index contributed by atoms with van der Waals surface area (Å²) in [5.41, 5.74) is 7.90. The van der Waals surface area contributed by atoms with Crippen LogP contribution in [0.3, 0.4) is 0 Å². The van der Waals surface area contributed by atoms with Crippen LogP contribution in [0.4, 0.5) is 14.6 Å². The molecule has 0 aliphatic carbocycles. The fourth-order valence-electron chi connectivity index (χ4n) is 4.46. The zero-order chi connectivity index (χ0) is 25.2. The number of hydrogen-bond acceptors (Lipinski definition) is 7. The largest absolute Gasteiger partial charge is 0.451 e. The minimum atomic E-state index is -0.803. The second kappa shape index (κ2) is 9.58. The molecule has 182 valence electrons. The number of likely N-dealkylation sites (tertiary alicyclic amines) is 1. The van der Waals surface area contributed by atoms with E-state index in [0.29, 0.717) is 35.4 Å². The van der Waals surface area contributed by atoms with E-state index in [0.717, 1.165) is 25.0 Å². The zero-order valence-electron chi connectivity index (χ0n) is 19.1. The Morgan fingerprint density at radius 3 is 2.64 bits per heavy atom. The van der Waals surface area contributed by atoms with Gasteiger partial charge < -0.3 is 15.4 Å². The van der Waals surface area contributed by atoms with Gasteiger partial charge in [0.1, 0.15) is 30.0 Å². The van der Waals surface area contributed by atoms with Gasteiger partial charge in [-0.25, -0.2) is 23.4 Å². The van der Waals surface area contributed by atoms with Crippen molar-refractivity contribution in [1.82, 2.24) is 24.6 Å². The summed E-state index contributed by atoms with van der Waals surface area (Å²) in [6.07, 6.45) is 2.82. The van der Waals surface area contributed by atoms with Gasteiger partial charge in [-0.1, -0.05) is 6.07 Å². The van der Waals surface area contributed by atoms with Crippen LogP contribution in [0.1, 0.15) is 19.3 Å². The molecule has 0 spiro atoms. The molecule has 1 aliphatic rings. The first-order valence-corrected chi connectivity index (χ1v) is 11.3. The number of nitrogen functional groups attached to an aromatic ring is 1. The van der Waals surface area contributed by atoms with Crippen LogP contribution in [-0.2, 0) is 11.3 Å². The molecule has 11 heteroatoms. The molecule has 1 atom stereocenters. The second-order valence-corrected chi connectivity index (χ2v) is 8.38. The van der Waals surface area contributed by atoms with Crippen molar-refractivity contribution in [3.63, 3.8) is 0 Å². The van der Waals surface area contributed by atoms with Crippen LogP contribution >= 0.6 is 0 Å². The topological polar surface area (TPSA) is 123 Å². The first-order valence-electron chi connectivity index (χ1n) is 11.3. The highest BCUT2D eigenvalue weighted by molar-refractivity contribution is 5.98. The van der Waals surface area contributed by atoms with E-state index in [4.69, 9.17) is 20.8 Å². The molecule has 5 rings (SSSR count). The highest BCUT2D eigenvalue weighted by Crippen LogP contribution is 2.33. The van der Waals surface area contributed by atoms with Crippen LogP contribution < -0.4 is 10.5 Å². The van der Waals surface area contributed by atoms with Gasteiger partial charge in [-0.3, -0.25) is 4.79 Å². The summed E-state index contributed by atoms with van der Waals surface area (Å²) >= 11 is 0.